The fourth-order valence-electron chi connectivity index (χ4n) is 3.75. The summed E-state index contributed by atoms with van der Waals surface area (Å²) in [7, 11) is 0. The number of fused-ring (bicyclic) bond motifs is 2. The van der Waals surface area contributed by atoms with E-state index in [1.807, 2.05) is 18.2 Å². The quantitative estimate of drug-likeness (QED) is 0.540. The van der Waals surface area contributed by atoms with Crippen LogP contribution in [0.15, 0.2) is 48.7 Å². The predicted molar refractivity (Wildman–Crippen MR) is 102 cm³/mol. The first-order valence-electron chi connectivity index (χ1n) is 9.07. The number of nitro groups is 1. The third kappa shape index (κ3) is 3.06. The Morgan fingerprint density at radius 2 is 2.07 bits per heavy atom. The Bertz CT molecular complexity index is 1140. The first kappa shape index (κ1) is 17.2. The molecule has 0 spiro atoms. The van der Waals surface area contributed by atoms with Crippen LogP contribution < -0.4 is 14.8 Å². The molecule has 0 aliphatic carbocycles. The highest BCUT2D eigenvalue weighted by atomic mass is 16.7. The van der Waals surface area contributed by atoms with Gasteiger partial charge in [-0.2, -0.15) is 5.10 Å². The van der Waals surface area contributed by atoms with E-state index in [9.17, 15) is 14.9 Å². The van der Waals surface area contributed by atoms with Crippen molar-refractivity contribution in [1.82, 2.24) is 9.78 Å². The van der Waals surface area contributed by atoms with Crippen LogP contribution in [0.1, 0.15) is 29.0 Å². The second kappa shape index (κ2) is 6.62. The Kier molecular flexibility index (Phi) is 3.94. The van der Waals surface area contributed by atoms with Crippen molar-refractivity contribution >= 4 is 17.4 Å². The van der Waals surface area contributed by atoms with Gasteiger partial charge in [0.05, 0.1) is 17.7 Å². The maximum absolute atomic E-state index is 12.4. The van der Waals surface area contributed by atoms with Crippen molar-refractivity contribution < 1.29 is 19.2 Å². The lowest BCUT2D eigenvalue weighted by atomic mass is 9.87. The molecule has 146 valence electrons. The average molecular weight is 392 g/mol. The van der Waals surface area contributed by atoms with Crippen molar-refractivity contribution in [1.29, 1.82) is 0 Å². The summed E-state index contributed by atoms with van der Waals surface area (Å²) in [6, 6.07) is 12.0. The summed E-state index contributed by atoms with van der Waals surface area (Å²) in [4.78, 5) is 23.1. The molecule has 1 N–H and O–H groups in total. The zero-order chi connectivity index (χ0) is 20.0. The van der Waals surface area contributed by atoms with E-state index in [2.05, 4.69) is 10.4 Å². The smallest absolute Gasteiger partial charge is 0.269 e. The van der Waals surface area contributed by atoms with Crippen molar-refractivity contribution in [2.24, 2.45) is 0 Å². The summed E-state index contributed by atoms with van der Waals surface area (Å²) in [6.07, 6.45) is 1.93. The fraction of sp³-hybridized carbons (Fsp3) is 0.200. The van der Waals surface area contributed by atoms with Gasteiger partial charge < -0.3 is 14.8 Å². The Hall–Kier alpha value is -3.88. The van der Waals surface area contributed by atoms with Crippen LogP contribution in [-0.2, 0) is 11.3 Å². The van der Waals surface area contributed by atoms with Gasteiger partial charge in [0.2, 0.25) is 12.7 Å². The van der Waals surface area contributed by atoms with Gasteiger partial charge in [-0.1, -0.05) is 18.2 Å². The van der Waals surface area contributed by atoms with Gasteiger partial charge in [-0.15, -0.1) is 0 Å². The van der Waals surface area contributed by atoms with Crippen LogP contribution in [0.25, 0.3) is 0 Å². The summed E-state index contributed by atoms with van der Waals surface area (Å²) in [6.45, 7) is 0.644. The van der Waals surface area contributed by atoms with E-state index >= 15 is 0 Å². The molecule has 2 aromatic carbocycles. The van der Waals surface area contributed by atoms with Crippen LogP contribution in [0.5, 0.6) is 11.5 Å². The molecule has 1 aromatic heterocycles. The minimum Gasteiger partial charge on any atom is -0.454 e. The number of carbonyl (C=O) groups is 1. The van der Waals surface area contributed by atoms with Gasteiger partial charge in [0, 0.05) is 30.0 Å². The predicted octanol–water partition coefficient (Wildman–Crippen LogP) is 3.04. The van der Waals surface area contributed by atoms with Crippen molar-refractivity contribution in [3.05, 3.63) is 75.5 Å². The number of hydrogen-bond acceptors (Lipinski definition) is 6. The van der Waals surface area contributed by atoms with E-state index in [0.29, 0.717) is 23.9 Å². The molecule has 5 rings (SSSR count). The van der Waals surface area contributed by atoms with Crippen LogP contribution in [0, 0.1) is 10.1 Å². The van der Waals surface area contributed by atoms with E-state index in [1.165, 1.54) is 12.1 Å². The summed E-state index contributed by atoms with van der Waals surface area (Å²) in [5.41, 5.74) is 2.51. The van der Waals surface area contributed by atoms with Crippen LogP contribution in [-0.4, -0.2) is 27.4 Å². The highest BCUT2D eigenvalue weighted by molar-refractivity contribution is 5.94. The summed E-state index contributed by atoms with van der Waals surface area (Å²) in [5.74, 6) is 1.55. The number of hydrogen-bond donors (Lipinski definition) is 1. The van der Waals surface area contributed by atoms with Gasteiger partial charge in [0.25, 0.3) is 5.69 Å². The number of benzene rings is 2. The van der Waals surface area contributed by atoms with Gasteiger partial charge >= 0.3 is 0 Å². The van der Waals surface area contributed by atoms with Gasteiger partial charge in [-0.3, -0.25) is 14.9 Å². The summed E-state index contributed by atoms with van der Waals surface area (Å²) < 4.78 is 12.5. The normalized spacial score (nSPS) is 17.0. The Morgan fingerprint density at radius 3 is 2.93 bits per heavy atom. The standard InChI is InChI=1S/C20H16N4O5/c25-19-8-15(13-2-1-3-14(7-13)24(26)27)16-9-21-23(20(16)22-19)10-12-4-5-17-18(6-12)29-11-28-17/h1-7,9,15H,8,10-11H2,(H,22,25)/t15-/m0/s1. The van der Waals surface area contributed by atoms with Crippen molar-refractivity contribution in [2.45, 2.75) is 18.9 Å². The molecule has 0 saturated heterocycles. The van der Waals surface area contributed by atoms with Crippen LogP contribution >= 0.6 is 0 Å². The summed E-state index contributed by atoms with van der Waals surface area (Å²) in [5, 5.41) is 18.5. The lowest BCUT2D eigenvalue weighted by Crippen LogP contribution is -2.25. The topological polar surface area (TPSA) is 109 Å². The minimum absolute atomic E-state index is 0.00258. The molecule has 9 heteroatoms. The number of nitrogens with zero attached hydrogens (tertiary/aromatic N) is 3. The number of nitrogens with one attached hydrogen (secondary N) is 1. The van der Waals surface area contributed by atoms with Crippen molar-refractivity contribution in [2.75, 3.05) is 12.1 Å². The largest absolute Gasteiger partial charge is 0.454 e. The van der Waals surface area contributed by atoms with E-state index in [4.69, 9.17) is 9.47 Å². The molecule has 2 aliphatic rings. The molecule has 29 heavy (non-hydrogen) atoms. The second-order valence-electron chi connectivity index (χ2n) is 6.95. The molecule has 3 aromatic rings. The van der Waals surface area contributed by atoms with Gasteiger partial charge in [0.1, 0.15) is 5.82 Å². The van der Waals surface area contributed by atoms with E-state index in [1.54, 1.807) is 23.0 Å². The number of anilines is 1. The van der Waals surface area contributed by atoms with Gasteiger partial charge in [-0.05, 0) is 23.3 Å². The fourth-order valence-corrected chi connectivity index (χ4v) is 3.75. The molecule has 3 heterocycles. The zero-order valence-corrected chi connectivity index (χ0v) is 15.2. The Labute approximate surface area is 165 Å². The molecule has 0 radical (unpaired) electrons. The molecule has 0 unspecified atom stereocenters. The molecular weight excluding hydrogens is 376 g/mol. The maximum Gasteiger partial charge on any atom is 0.269 e. The zero-order valence-electron chi connectivity index (χ0n) is 15.2. The van der Waals surface area contributed by atoms with Crippen LogP contribution in [0.4, 0.5) is 11.5 Å². The van der Waals surface area contributed by atoms with E-state index in [0.717, 1.165) is 16.7 Å². The van der Waals surface area contributed by atoms with E-state index in [-0.39, 0.29) is 30.7 Å². The highest BCUT2D eigenvalue weighted by Crippen LogP contribution is 2.38. The van der Waals surface area contributed by atoms with Gasteiger partial charge in [-0.25, -0.2) is 4.68 Å². The minimum atomic E-state index is -0.434. The number of amides is 1. The van der Waals surface area contributed by atoms with Gasteiger partial charge in [0.15, 0.2) is 11.5 Å². The second-order valence-corrected chi connectivity index (χ2v) is 6.95. The number of carbonyl (C=O) groups excluding carboxylic acids is 1. The molecular formula is C20H16N4O5. The van der Waals surface area contributed by atoms with Crippen molar-refractivity contribution in [3.8, 4) is 11.5 Å². The monoisotopic (exact) mass is 392 g/mol. The third-order valence-corrected chi connectivity index (χ3v) is 5.14. The van der Waals surface area contributed by atoms with Crippen LogP contribution in [0.2, 0.25) is 0 Å². The molecule has 2 aliphatic heterocycles. The molecule has 1 atom stereocenters. The Balaban J connectivity index is 1.49. The first-order valence-corrected chi connectivity index (χ1v) is 9.07. The molecule has 0 fully saturated rings. The number of rotatable bonds is 4. The third-order valence-electron chi connectivity index (χ3n) is 5.14. The van der Waals surface area contributed by atoms with Crippen LogP contribution in [0.3, 0.4) is 0 Å². The number of aromatic nitrogens is 2. The molecule has 1 amide bonds. The SMILES string of the molecule is O=C1C[C@@H](c2cccc([N+](=O)[O-])c2)c2cnn(Cc3ccc4c(c3)OCO4)c2N1. The average Bonchev–Trinajstić information content (AvgIpc) is 3.34. The number of non-ortho nitro benzene ring substituents is 1. The maximum atomic E-state index is 12.4. The molecule has 0 bridgehead atoms. The lowest BCUT2D eigenvalue weighted by molar-refractivity contribution is -0.384. The number of ether oxygens (including phenoxy) is 2. The highest BCUT2D eigenvalue weighted by Gasteiger charge is 2.30. The Morgan fingerprint density at radius 1 is 1.21 bits per heavy atom. The lowest BCUT2D eigenvalue weighted by Gasteiger charge is -2.23. The van der Waals surface area contributed by atoms with E-state index < -0.39 is 4.92 Å². The summed E-state index contributed by atoms with van der Waals surface area (Å²) >= 11 is 0. The first-order chi connectivity index (χ1) is 14.1. The molecule has 0 saturated carbocycles. The van der Waals surface area contributed by atoms with Crippen molar-refractivity contribution in [3.63, 3.8) is 0 Å². The number of nitro benzene ring substituents is 1. The molecule has 9 nitrogen and oxygen atoms in total.